The van der Waals surface area contributed by atoms with Gasteiger partial charge in [-0.05, 0) is 6.08 Å². The summed E-state index contributed by atoms with van der Waals surface area (Å²) in [4.78, 5) is 10.3. The lowest BCUT2D eigenvalue weighted by Gasteiger charge is -1.92. The maximum Gasteiger partial charge on any atom is 0.302 e. The van der Waals surface area contributed by atoms with Crippen molar-refractivity contribution < 1.29 is 9.53 Å². The highest BCUT2D eigenvalue weighted by atomic mass is 16.5. The molecule has 2 nitrogen and oxygen atoms in total. The predicted molar refractivity (Wildman–Crippen MR) is 54.3 cm³/mol. The van der Waals surface area contributed by atoms with Gasteiger partial charge in [0.1, 0.15) is 6.61 Å². The van der Waals surface area contributed by atoms with Crippen molar-refractivity contribution >= 4 is 5.97 Å². The summed E-state index contributed by atoms with van der Waals surface area (Å²) in [7, 11) is 0. The van der Waals surface area contributed by atoms with Gasteiger partial charge in [-0.25, -0.2) is 0 Å². The van der Waals surface area contributed by atoms with Crippen LogP contribution < -0.4 is 0 Å². The molecular weight excluding hydrogens is 164 g/mol. The van der Waals surface area contributed by atoms with Gasteiger partial charge in [-0.1, -0.05) is 43.0 Å². The van der Waals surface area contributed by atoms with Gasteiger partial charge in [-0.2, -0.15) is 0 Å². The number of allylic oxidation sites excluding steroid dienone is 6. The Hall–Kier alpha value is -1.57. The van der Waals surface area contributed by atoms with Crippen LogP contribution in [0.3, 0.4) is 0 Å². The summed E-state index contributed by atoms with van der Waals surface area (Å²) in [5.41, 5.74) is 0. The van der Waals surface area contributed by atoms with Crippen LogP contribution in [0, 0.1) is 0 Å². The molecule has 13 heavy (non-hydrogen) atoms. The number of ether oxygens (including phenoxy) is 1. The third kappa shape index (κ3) is 10.4. The molecule has 0 unspecified atom stereocenters. The molecule has 0 bridgehead atoms. The fourth-order valence-electron chi connectivity index (χ4n) is 0.571. The molecule has 0 aliphatic rings. The number of rotatable bonds is 5. The van der Waals surface area contributed by atoms with Crippen molar-refractivity contribution in [3.8, 4) is 0 Å². The third-order valence-electron chi connectivity index (χ3n) is 1.10. The number of esters is 1. The van der Waals surface area contributed by atoms with E-state index >= 15 is 0 Å². The molecule has 70 valence electrons. The first-order chi connectivity index (χ1) is 6.27. The van der Waals surface area contributed by atoms with E-state index in [0.717, 1.165) is 0 Å². The van der Waals surface area contributed by atoms with Gasteiger partial charge in [0.05, 0.1) is 0 Å². The lowest BCUT2D eigenvalue weighted by Crippen LogP contribution is -1.96. The van der Waals surface area contributed by atoms with Crippen molar-refractivity contribution in [2.24, 2.45) is 0 Å². The summed E-state index contributed by atoms with van der Waals surface area (Å²) in [6, 6.07) is 0. The van der Waals surface area contributed by atoms with E-state index in [0.29, 0.717) is 6.61 Å². The van der Waals surface area contributed by atoms with Crippen molar-refractivity contribution in [3.05, 3.63) is 49.1 Å². The minimum absolute atomic E-state index is 0.264. The molecular formula is C11H14O2. The first kappa shape index (κ1) is 11.4. The van der Waals surface area contributed by atoms with Gasteiger partial charge < -0.3 is 4.74 Å². The SMILES string of the molecule is C=CC=CC=CC=CCOC(C)=O. The minimum atomic E-state index is -0.264. The van der Waals surface area contributed by atoms with E-state index in [-0.39, 0.29) is 5.97 Å². The number of hydrogen-bond donors (Lipinski definition) is 0. The molecule has 0 saturated heterocycles. The highest BCUT2D eigenvalue weighted by Crippen LogP contribution is 1.82. The third-order valence-corrected chi connectivity index (χ3v) is 1.10. The van der Waals surface area contributed by atoms with Gasteiger partial charge in [0, 0.05) is 6.92 Å². The summed E-state index contributed by atoms with van der Waals surface area (Å²) >= 11 is 0. The number of carbonyl (C=O) groups excluding carboxylic acids is 1. The highest BCUT2D eigenvalue weighted by molar-refractivity contribution is 5.65. The molecule has 0 fully saturated rings. The monoisotopic (exact) mass is 178 g/mol. The second kappa shape index (κ2) is 8.53. The van der Waals surface area contributed by atoms with E-state index in [1.54, 1.807) is 12.2 Å². The Morgan fingerprint density at radius 1 is 1.23 bits per heavy atom. The van der Waals surface area contributed by atoms with Gasteiger partial charge >= 0.3 is 5.97 Å². The van der Waals surface area contributed by atoms with E-state index < -0.39 is 0 Å². The van der Waals surface area contributed by atoms with Gasteiger partial charge in [-0.15, -0.1) is 0 Å². The fourth-order valence-corrected chi connectivity index (χ4v) is 0.571. The van der Waals surface area contributed by atoms with Crippen LogP contribution in [0.25, 0.3) is 0 Å². The van der Waals surface area contributed by atoms with Gasteiger partial charge in [0.15, 0.2) is 0 Å². The van der Waals surface area contributed by atoms with Crippen LogP contribution in [0.5, 0.6) is 0 Å². The molecule has 0 N–H and O–H groups in total. The van der Waals surface area contributed by atoms with Crippen molar-refractivity contribution in [2.45, 2.75) is 6.92 Å². The first-order valence-electron chi connectivity index (χ1n) is 4.01. The Balaban J connectivity index is 3.51. The quantitative estimate of drug-likeness (QED) is 0.477. The van der Waals surface area contributed by atoms with Crippen LogP contribution in [-0.2, 0) is 9.53 Å². The average molecular weight is 178 g/mol. The molecule has 0 aliphatic carbocycles. The minimum Gasteiger partial charge on any atom is -0.462 e. The Morgan fingerprint density at radius 3 is 2.46 bits per heavy atom. The molecule has 0 aromatic rings. The Morgan fingerprint density at radius 2 is 1.85 bits per heavy atom. The van der Waals surface area contributed by atoms with Crippen molar-refractivity contribution in [1.29, 1.82) is 0 Å². The maximum atomic E-state index is 10.3. The normalized spacial score (nSPS) is 11.5. The molecule has 0 spiro atoms. The summed E-state index contributed by atoms with van der Waals surface area (Å²) in [6.07, 6.45) is 12.7. The second-order valence-electron chi connectivity index (χ2n) is 2.24. The van der Waals surface area contributed by atoms with Crippen LogP contribution in [-0.4, -0.2) is 12.6 Å². The van der Waals surface area contributed by atoms with Crippen LogP contribution in [0.1, 0.15) is 6.92 Å². The topological polar surface area (TPSA) is 26.3 Å². The molecule has 0 amide bonds. The molecule has 0 rings (SSSR count). The highest BCUT2D eigenvalue weighted by Gasteiger charge is 1.84. The largest absolute Gasteiger partial charge is 0.462 e. The van der Waals surface area contributed by atoms with Crippen molar-refractivity contribution in [2.75, 3.05) is 6.61 Å². The number of carbonyl (C=O) groups is 1. The van der Waals surface area contributed by atoms with Gasteiger partial charge in [0.2, 0.25) is 0 Å². The van der Waals surface area contributed by atoms with Crippen molar-refractivity contribution in [1.82, 2.24) is 0 Å². The van der Waals surface area contributed by atoms with Crippen LogP contribution in [0.15, 0.2) is 49.1 Å². The van der Waals surface area contributed by atoms with Gasteiger partial charge in [-0.3, -0.25) is 4.79 Å². The maximum absolute atomic E-state index is 10.3. The molecule has 0 aliphatic heterocycles. The standard InChI is InChI=1S/C11H14O2/c1-3-4-5-6-7-8-9-10-13-11(2)12/h3-9H,1,10H2,2H3. The van der Waals surface area contributed by atoms with Crippen LogP contribution in [0.2, 0.25) is 0 Å². The Bertz CT molecular complexity index is 234. The Kier molecular flexibility index (Phi) is 7.50. The predicted octanol–water partition coefficient (Wildman–Crippen LogP) is 2.40. The summed E-state index contributed by atoms with van der Waals surface area (Å²) < 4.78 is 4.68. The molecule has 0 aromatic heterocycles. The van der Waals surface area contributed by atoms with E-state index in [4.69, 9.17) is 0 Å². The van der Waals surface area contributed by atoms with E-state index in [1.165, 1.54) is 6.92 Å². The molecule has 0 saturated carbocycles. The van der Waals surface area contributed by atoms with E-state index in [9.17, 15) is 4.79 Å². The molecule has 0 aromatic carbocycles. The fraction of sp³-hybridized carbons (Fsp3) is 0.182. The zero-order chi connectivity index (χ0) is 9.94. The summed E-state index contributed by atoms with van der Waals surface area (Å²) in [5, 5.41) is 0. The lowest BCUT2D eigenvalue weighted by molar-refractivity contribution is -0.139. The molecule has 0 heterocycles. The van der Waals surface area contributed by atoms with Crippen LogP contribution >= 0.6 is 0 Å². The molecule has 0 radical (unpaired) electrons. The first-order valence-corrected chi connectivity index (χ1v) is 4.01. The van der Waals surface area contributed by atoms with Gasteiger partial charge in [0.25, 0.3) is 0 Å². The summed E-state index contributed by atoms with van der Waals surface area (Å²) in [6.45, 7) is 5.24. The van der Waals surface area contributed by atoms with Crippen molar-refractivity contribution in [3.63, 3.8) is 0 Å². The zero-order valence-electron chi connectivity index (χ0n) is 7.77. The molecule has 0 atom stereocenters. The molecule has 2 heteroatoms. The average Bonchev–Trinajstić information content (AvgIpc) is 2.09. The smallest absolute Gasteiger partial charge is 0.302 e. The van der Waals surface area contributed by atoms with Crippen LogP contribution in [0.4, 0.5) is 0 Å². The zero-order valence-corrected chi connectivity index (χ0v) is 7.77. The number of hydrogen-bond acceptors (Lipinski definition) is 2. The van der Waals surface area contributed by atoms with E-state index in [2.05, 4.69) is 11.3 Å². The lowest BCUT2D eigenvalue weighted by atomic mass is 10.4. The van der Waals surface area contributed by atoms with E-state index in [1.807, 2.05) is 30.4 Å². The Labute approximate surface area is 78.9 Å². The summed E-state index contributed by atoms with van der Waals surface area (Å²) in [5.74, 6) is -0.264. The second-order valence-corrected chi connectivity index (χ2v) is 2.24.